The highest BCUT2D eigenvalue weighted by Gasteiger charge is 2.22. The van der Waals surface area contributed by atoms with Crippen LogP contribution in [-0.2, 0) is 0 Å². The molecule has 124 valence electrons. The van der Waals surface area contributed by atoms with Crippen molar-refractivity contribution in [1.82, 2.24) is 0 Å². The molecule has 0 aromatic heterocycles. The summed E-state index contributed by atoms with van der Waals surface area (Å²) in [5, 5.41) is 19.0. The maximum absolute atomic E-state index is 11.6. The van der Waals surface area contributed by atoms with Crippen molar-refractivity contribution < 1.29 is 9.90 Å². The fraction of sp³-hybridized carbons (Fsp3) is 0.333. The lowest BCUT2D eigenvalue weighted by atomic mass is 9.82. The number of carboxylic acids is 1. The van der Waals surface area contributed by atoms with Gasteiger partial charge in [0, 0.05) is 5.92 Å². The smallest absolute Gasteiger partial charge is 0.335 e. The van der Waals surface area contributed by atoms with Crippen molar-refractivity contribution in [2.24, 2.45) is 0 Å². The molecule has 0 saturated heterocycles. The van der Waals surface area contributed by atoms with Crippen LogP contribution >= 0.6 is 0 Å². The van der Waals surface area contributed by atoms with Gasteiger partial charge >= 0.3 is 5.97 Å². The molecule has 24 heavy (non-hydrogen) atoms. The Labute approximate surface area is 143 Å². The number of hydrogen-bond acceptors (Lipinski definition) is 2. The van der Waals surface area contributed by atoms with E-state index in [-0.39, 0.29) is 5.92 Å². The van der Waals surface area contributed by atoms with Crippen molar-refractivity contribution in [2.45, 2.75) is 44.9 Å². The van der Waals surface area contributed by atoms with E-state index in [0.29, 0.717) is 11.1 Å². The second-order valence-electron chi connectivity index (χ2n) is 5.99. The number of unbranched alkanes of at least 4 members (excludes halogenated alkanes) is 3. The third-order valence-electron chi connectivity index (χ3n) is 4.37. The van der Waals surface area contributed by atoms with E-state index in [0.717, 1.165) is 36.8 Å². The first-order valence-corrected chi connectivity index (χ1v) is 8.50. The van der Waals surface area contributed by atoms with Crippen LogP contribution in [-0.4, -0.2) is 11.1 Å². The van der Waals surface area contributed by atoms with E-state index < -0.39 is 5.97 Å². The van der Waals surface area contributed by atoms with E-state index in [1.54, 1.807) is 18.2 Å². The summed E-state index contributed by atoms with van der Waals surface area (Å²) in [6.45, 7) is 2.17. The molecule has 0 bridgehead atoms. The molecule has 0 radical (unpaired) electrons. The SMILES string of the molecule is CCCCCCC(c1ccccc1C#N)c1ccccc1C(=O)O. The minimum Gasteiger partial charge on any atom is -0.478 e. The minimum absolute atomic E-state index is 0.0648. The van der Waals surface area contributed by atoms with Crippen LogP contribution in [0.1, 0.15) is 72.0 Å². The molecule has 1 N–H and O–H groups in total. The van der Waals surface area contributed by atoms with Crippen LogP contribution in [0.5, 0.6) is 0 Å². The standard InChI is InChI=1S/C21H23NO2/c1-2-3-4-5-12-18(17-11-7-6-10-16(17)15-22)19-13-8-9-14-20(19)21(23)24/h6-11,13-14,18H,2-5,12H2,1H3,(H,23,24). The maximum atomic E-state index is 11.6. The molecule has 0 fully saturated rings. The molecule has 0 aliphatic carbocycles. The first-order valence-electron chi connectivity index (χ1n) is 8.50. The van der Waals surface area contributed by atoms with Crippen molar-refractivity contribution in [3.8, 4) is 6.07 Å². The van der Waals surface area contributed by atoms with Crippen molar-refractivity contribution in [3.05, 3.63) is 70.8 Å². The van der Waals surface area contributed by atoms with E-state index in [9.17, 15) is 15.2 Å². The van der Waals surface area contributed by atoms with Crippen molar-refractivity contribution in [2.75, 3.05) is 0 Å². The Morgan fingerprint density at radius 1 is 1.04 bits per heavy atom. The number of hydrogen-bond donors (Lipinski definition) is 1. The van der Waals surface area contributed by atoms with Crippen LogP contribution in [0.15, 0.2) is 48.5 Å². The molecule has 1 atom stereocenters. The number of benzene rings is 2. The van der Waals surface area contributed by atoms with E-state index in [1.807, 2.05) is 30.3 Å². The monoisotopic (exact) mass is 321 g/mol. The average molecular weight is 321 g/mol. The van der Waals surface area contributed by atoms with Gasteiger partial charge in [-0.15, -0.1) is 0 Å². The van der Waals surface area contributed by atoms with Crippen LogP contribution in [0.3, 0.4) is 0 Å². The molecule has 3 heteroatoms. The Bertz CT molecular complexity index is 731. The summed E-state index contributed by atoms with van der Waals surface area (Å²) in [4.78, 5) is 11.6. The van der Waals surface area contributed by atoms with Gasteiger partial charge in [0.25, 0.3) is 0 Å². The summed E-state index contributed by atoms with van der Waals surface area (Å²) >= 11 is 0. The zero-order valence-electron chi connectivity index (χ0n) is 14.0. The van der Waals surface area contributed by atoms with Gasteiger partial charge in [-0.2, -0.15) is 5.26 Å². The molecule has 3 nitrogen and oxygen atoms in total. The maximum Gasteiger partial charge on any atom is 0.335 e. The molecular formula is C21H23NO2. The second-order valence-corrected chi connectivity index (χ2v) is 5.99. The molecule has 0 heterocycles. The van der Waals surface area contributed by atoms with Crippen LogP contribution in [0.2, 0.25) is 0 Å². The first kappa shape index (κ1) is 17.7. The zero-order chi connectivity index (χ0) is 17.4. The van der Waals surface area contributed by atoms with Gasteiger partial charge in [-0.25, -0.2) is 4.79 Å². The van der Waals surface area contributed by atoms with Gasteiger partial charge in [0.15, 0.2) is 0 Å². The molecule has 2 aromatic carbocycles. The molecule has 0 aliphatic rings. The second kappa shape index (κ2) is 8.88. The van der Waals surface area contributed by atoms with Gasteiger partial charge in [0.2, 0.25) is 0 Å². The summed E-state index contributed by atoms with van der Waals surface area (Å²) in [5.74, 6) is -0.983. The number of aromatic carboxylic acids is 1. The number of carbonyl (C=O) groups is 1. The third-order valence-corrected chi connectivity index (χ3v) is 4.37. The van der Waals surface area contributed by atoms with Gasteiger partial charge in [-0.05, 0) is 29.7 Å². The quantitative estimate of drug-likeness (QED) is 0.666. The minimum atomic E-state index is -0.918. The van der Waals surface area contributed by atoms with Crippen molar-refractivity contribution >= 4 is 5.97 Å². The molecule has 2 aromatic rings. The van der Waals surface area contributed by atoms with Gasteiger partial charge < -0.3 is 5.11 Å². The highest BCUT2D eigenvalue weighted by atomic mass is 16.4. The van der Waals surface area contributed by atoms with Crippen LogP contribution < -0.4 is 0 Å². The predicted octanol–water partition coefficient (Wildman–Crippen LogP) is 5.36. The van der Waals surface area contributed by atoms with E-state index >= 15 is 0 Å². The van der Waals surface area contributed by atoms with Gasteiger partial charge in [0.05, 0.1) is 17.2 Å². The Morgan fingerprint density at radius 2 is 1.71 bits per heavy atom. The molecule has 0 spiro atoms. The predicted molar refractivity (Wildman–Crippen MR) is 95.2 cm³/mol. The Morgan fingerprint density at radius 3 is 2.38 bits per heavy atom. The van der Waals surface area contributed by atoms with Crippen LogP contribution in [0, 0.1) is 11.3 Å². The lowest BCUT2D eigenvalue weighted by Crippen LogP contribution is -2.10. The third kappa shape index (κ3) is 4.23. The van der Waals surface area contributed by atoms with E-state index in [4.69, 9.17) is 0 Å². The van der Waals surface area contributed by atoms with E-state index in [2.05, 4.69) is 13.0 Å². The van der Waals surface area contributed by atoms with Gasteiger partial charge in [0.1, 0.15) is 0 Å². The van der Waals surface area contributed by atoms with Crippen molar-refractivity contribution in [1.29, 1.82) is 5.26 Å². The fourth-order valence-corrected chi connectivity index (χ4v) is 3.15. The number of carboxylic acid groups (broad SMARTS) is 1. The molecular weight excluding hydrogens is 298 g/mol. The largest absolute Gasteiger partial charge is 0.478 e. The van der Waals surface area contributed by atoms with Gasteiger partial charge in [-0.1, -0.05) is 69.0 Å². The summed E-state index contributed by atoms with van der Waals surface area (Å²) in [5.41, 5.74) is 2.67. The lowest BCUT2D eigenvalue weighted by molar-refractivity contribution is 0.0695. The Kier molecular flexibility index (Phi) is 6.57. The Hall–Kier alpha value is -2.60. The number of nitriles is 1. The average Bonchev–Trinajstić information content (AvgIpc) is 2.62. The number of nitrogens with zero attached hydrogens (tertiary/aromatic N) is 1. The molecule has 0 aliphatic heterocycles. The van der Waals surface area contributed by atoms with Crippen molar-refractivity contribution in [3.63, 3.8) is 0 Å². The summed E-state index contributed by atoms with van der Waals surface area (Å²) in [6, 6.07) is 16.9. The highest BCUT2D eigenvalue weighted by Crippen LogP contribution is 2.34. The summed E-state index contributed by atoms with van der Waals surface area (Å²) in [6.07, 6.45) is 5.32. The summed E-state index contributed by atoms with van der Waals surface area (Å²) < 4.78 is 0. The van der Waals surface area contributed by atoms with Crippen LogP contribution in [0.25, 0.3) is 0 Å². The van der Waals surface area contributed by atoms with Crippen LogP contribution in [0.4, 0.5) is 0 Å². The molecule has 1 unspecified atom stereocenters. The molecule has 2 rings (SSSR count). The highest BCUT2D eigenvalue weighted by molar-refractivity contribution is 5.89. The summed E-state index contributed by atoms with van der Waals surface area (Å²) in [7, 11) is 0. The lowest BCUT2D eigenvalue weighted by Gasteiger charge is -2.21. The number of rotatable bonds is 8. The Balaban J connectivity index is 2.44. The first-order chi connectivity index (χ1) is 11.7. The van der Waals surface area contributed by atoms with Gasteiger partial charge in [-0.3, -0.25) is 0 Å². The topological polar surface area (TPSA) is 61.1 Å². The molecule has 0 saturated carbocycles. The normalized spacial score (nSPS) is 11.7. The zero-order valence-corrected chi connectivity index (χ0v) is 14.0. The van der Waals surface area contributed by atoms with E-state index in [1.165, 1.54) is 6.42 Å². The molecule has 0 amide bonds. The fourth-order valence-electron chi connectivity index (χ4n) is 3.15.